The van der Waals surface area contributed by atoms with Gasteiger partial charge in [-0.15, -0.1) is 0 Å². The van der Waals surface area contributed by atoms with Crippen LogP contribution in [-0.4, -0.2) is 29.8 Å². The Balaban J connectivity index is 2.27. The third-order valence-electron chi connectivity index (χ3n) is 3.40. The molecule has 0 bridgehead atoms. The molecule has 0 aliphatic heterocycles. The molecule has 1 aromatic carbocycles. The first-order valence-corrected chi connectivity index (χ1v) is 7.56. The summed E-state index contributed by atoms with van der Waals surface area (Å²) in [5.74, 6) is -0.0616. The maximum absolute atomic E-state index is 12.6. The molecule has 0 atom stereocenters. The van der Waals surface area contributed by atoms with Crippen LogP contribution in [0.3, 0.4) is 0 Å². The number of carbonyl (C=O) groups excluding carboxylic acids is 2. The third kappa shape index (κ3) is 4.32. The first-order chi connectivity index (χ1) is 11.2. The van der Waals surface area contributed by atoms with Gasteiger partial charge in [0.05, 0.1) is 6.26 Å². The van der Waals surface area contributed by atoms with Crippen LogP contribution >= 0.6 is 0 Å². The average molecular weight is 312 g/mol. The maximum Gasteiger partial charge on any atom is 0.270 e. The fourth-order valence-electron chi connectivity index (χ4n) is 2.13. The highest BCUT2D eigenvalue weighted by molar-refractivity contribution is 6.05. The van der Waals surface area contributed by atoms with Crippen molar-refractivity contribution in [2.24, 2.45) is 0 Å². The van der Waals surface area contributed by atoms with Crippen molar-refractivity contribution < 1.29 is 14.0 Å². The van der Waals surface area contributed by atoms with Gasteiger partial charge in [-0.3, -0.25) is 9.59 Å². The number of likely N-dealkylation sites (N-methyl/N-ethyl adjacent to an activating group) is 1. The Bertz CT molecular complexity index is 672. The highest BCUT2D eigenvalue weighted by Gasteiger charge is 2.19. The van der Waals surface area contributed by atoms with E-state index in [1.54, 1.807) is 47.4 Å². The molecule has 0 saturated carbocycles. The van der Waals surface area contributed by atoms with Gasteiger partial charge in [-0.25, -0.2) is 0 Å². The van der Waals surface area contributed by atoms with Gasteiger partial charge in [-0.05, 0) is 38.1 Å². The second-order valence-corrected chi connectivity index (χ2v) is 4.87. The molecule has 0 radical (unpaired) electrons. The summed E-state index contributed by atoms with van der Waals surface area (Å²) >= 11 is 0. The fraction of sp³-hybridized carbons (Fsp3) is 0.222. The minimum Gasteiger partial charge on any atom is -0.465 e. The summed E-state index contributed by atoms with van der Waals surface area (Å²) in [5.41, 5.74) is 0.683. The van der Waals surface area contributed by atoms with Crippen LogP contribution in [0.5, 0.6) is 0 Å². The number of hydrogen-bond donors (Lipinski definition) is 1. The van der Waals surface area contributed by atoms with Gasteiger partial charge >= 0.3 is 0 Å². The smallest absolute Gasteiger partial charge is 0.270 e. The summed E-state index contributed by atoms with van der Waals surface area (Å²) < 4.78 is 5.25. The molecule has 5 heteroatoms. The monoisotopic (exact) mass is 312 g/mol. The second kappa shape index (κ2) is 7.98. The van der Waals surface area contributed by atoms with Crippen molar-refractivity contribution >= 4 is 17.9 Å². The van der Waals surface area contributed by atoms with Gasteiger partial charge in [0, 0.05) is 24.7 Å². The molecule has 0 aliphatic carbocycles. The Kier molecular flexibility index (Phi) is 5.74. The van der Waals surface area contributed by atoms with Gasteiger partial charge in [0.1, 0.15) is 11.5 Å². The van der Waals surface area contributed by atoms with Crippen LogP contribution in [0.2, 0.25) is 0 Å². The molecule has 0 fully saturated rings. The zero-order chi connectivity index (χ0) is 16.7. The minimum atomic E-state index is -0.330. The van der Waals surface area contributed by atoms with E-state index in [0.717, 1.165) is 0 Å². The molecule has 0 spiro atoms. The highest BCUT2D eigenvalue weighted by atomic mass is 16.3. The maximum atomic E-state index is 12.6. The molecule has 1 heterocycles. The average Bonchev–Trinajstić information content (AvgIpc) is 3.09. The van der Waals surface area contributed by atoms with Crippen molar-refractivity contribution in [1.29, 1.82) is 0 Å². The van der Waals surface area contributed by atoms with Crippen LogP contribution in [0.15, 0.2) is 58.8 Å². The van der Waals surface area contributed by atoms with E-state index in [1.165, 1.54) is 6.26 Å². The van der Waals surface area contributed by atoms with E-state index in [-0.39, 0.29) is 17.5 Å². The van der Waals surface area contributed by atoms with Crippen molar-refractivity contribution in [3.8, 4) is 0 Å². The van der Waals surface area contributed by atoms with E-state index >= 15 is 0 Å². The van der Waals surface area contributed by atoms with Gasteiger partial charge in [-0.2, -0.15) is 0 Å². The molecule has 5 nitrogen and oxygen atoms in total. The van der Waals surface area contributed by atoms with Gasteiger partial charge in [-0.1, -0.05) is 18.2 Å². The van der Waals surface area contributed by atoms with Gasteiger partial charge in [0.15, 0.2) is 0 Å². The molecule has 0 aliphatic rings. The number of furan rings is 1. The lowest BCUT2D eigenvalue weighted by molar-refractivity contribution is -0.127. The summed E-state index contributed by atoms with van der Waals surface area (Å²) in [6.07, 6.45) is 3.06. The molecule has 2 amide bonds. The molecular formula is C18H20N2O3. The summed E-state index contributed by atoms with van der Waals surface area (Å²) in [6, 6.07) is 12.2. The summed E-state index contributed by atoms with van der Waals surface area (Å²) in [4.78, 5) is 26.6. The number of rotatable bonds is 6. The quantitative estimate of drug-likeness (QED) is 0.834. The molecular weight excluding hydrogens is 292 g/mol. The molecule has 0 unspecified atom stereocenters. The number of benzene rings is 1. The minimum absolute atomic E-state index is 0.192. The van der Waals surface area contributed by atoms with Crippen LogP contribution in [0.1, 0.15) is 30.0 Å². The Morgan fingerprint density at radius 2 is 1.78 bits per heavy atom. The lowest BCUT2D eigenvalue weighted by atomic mass is 10.2. The lowest BCUT2D eigenvalue weighted by Crippen LogP contribution is -2.38. The zero-order valence-electron chi connectivity index (χ0n) is 13.3. The highest BCUT2D eigenvalue weighted by Crippen LogP contribution is 2.10. The fourth-order valence-corrected chi connectivity index (χ4v) is 2.13. The standard InChI is InChI=1S/C18H20N2O3/c1-3-20(4-2)18(22)16(13-15-11-8-12-23-15)19-17(21)14-9-6-5-7-10-14/h5-13H,3-4H2,1-2H3,(H,19,21)/b16-13-. The van der Waals surface area contributed by atoms with Crippen LogP contribution in [0.25, 0.3) is 6.08 Å². The number of nitrogens with zero attached hydrogens (tertiary/aromatic N) is 1. The van der Waals surface area contributed by atoms with E-state index in [2.05, 4.69) is 5.32 Å². The first kappa shape index (κ1) is 16.5. The molecule has 1 N–H and O–H groups in total. The molecule has 2 aromatic rings. The molecule has 120 valence electrons. The number of amides is 2. The Labute approximate surface area is 135 Å². The molecule has 1 aromatic heterocycles. The predicted octanol–water partition coefficient (Wildman–Crippen LogP) is 2.92. The molecule has 0 saturated heterocycles. The predicted molar refractivity (Wildman–Crippen MR) is 88.5 cm³/mol. The summed E-state index contributed by atoms with van der Waals surface area (Å²) in [6.45, 7) is 4.91. The van der Waals surface area contributed by atoms with Crippen LogP contribution < -0.4 is 5.32 Å². The van der Waals surface area contributed by atoms with Crippen molar-refractivity contribution in [2.45, 2.75) is 13.8 Å². The lowest BCUT2D eigenvalue weighted by Gasteiger charge is -2.20. The van der Waals surface area contributed by atoms with Gasteiger partial charge in [0.25, 0.3) is 11.8 Å². The van der Waals surface area contributed by atoms with E-state index < -0.39 is 0 Å². The van der Waals surface area contributed by atoms with Crippen molar-refractivity contribution in [3.05, 3.63) is 65.7 Å². The Morgan fingerprint density at radius 1 is 1.09 bits per heavy atom. The van der Waals surface area contributed by atoms with Gasteiger partial charge < -0.3 is 14.6 Å². The first-order valence-electron chi connectivity index (χ1n) is 7.56. The van der Waals surface area contributed by atoms with E-state index in [4.69, 9.17) is 4.42 Å². The van der Waals surface area contributed by atoms with Crippen molar-refractivity contribution in [1.82, 2.24) is 10.2 Å². The van der Waals surface area contributed by atoms with E-state index in [1.807, 2.05) is 19.9 Å². The van der Waals surface area contributed by atoms with E-state index in [9.17, 15) is 9.59 Å². The van der Waals surface area contributed by atoms with Gasteiger partial charge in [0.2, 0.25) is 0 Å². The summed E-state index contributed by atoms with van der Waals surface area (Å²) in [5, 5.41) is 2.69. The zero-order valence-corrected chi connectivity index (χ0v) is 13.3. The van der Waals surface area contributed by atoms with Crippen molar-refractivity contribution in [3.63, 3.8) is 0 Å². The number of carbonyl (C=O) groups is 2. The normalized spacial score (nSPS) is 11.1. The van der Waals surface area contributed by atoms with E-state index in [0.29, 0.717) is 24.4 Å². The second-order valence-electron chi connectivity index (χ2n) is 4.87. The Morgan fingerprint density at radius 3 is 2.35 bits per heavy atom. The largest absolute Gasteiger partial charge is 0.465 e. The van der Waals surface area contributed by atoms with Crippen LogP contribution in [0, 0.1) is 0 Å². The van der Waals surface area contributed by atoms with Crippen LogP contribution in [-0.2, 0) is 4.79 Å². The summed E-state index contributed by atoms with van der Waals surface area (Å²) in [7, 11) is 0. The topological polar surface area (TPSA) is 62.6 Å². The van der Waals surface area contributed by atoms with Crippen molar-refractivity contribution in [2.75, 3.05) is 13.1 Å². The Hall–Kier alpha value is -2.82. The molecule has 23 heavy (non-hydrogen) atoms. The third-order valence-corrected chi connectivity index (χ3v) is 3.40. The number of hydrogen-bond acceptors (Lipinski definition) is 3. The molecule has 2 rings (SSSR count). The number of nitrogens with one attached hydrogen (secondary N) is 1. The SMILES string of the molecule is CCN(CC)C(=O)/C(=C/c1ccco1)NC(=O)c1ccccc1. The van der Waals surface area contributed by atoms with Crippen LogP contribution in [0.4, 0.5) is 0 Å².